The molecule has 0 aromatic heterocycles. The lowest BCUT2D eigenvalue weighted by molar-refractivity contribution is -0.118. The normalized spacial score (nSPS) is 14.0. The zero-order valence-corrected chi connectivity index (χ0v) is 19.5. The second-order valence-corrected chi connectivity index (χ2v) is 9.99. The lowest BCUT2D eigenvalue weighted by Gasteiger charge is -2.21. The smallest absolute Gasteiger partial charge is 0.262 e. The van der Waals surface area contributed by atoms with Gasteiger partial charge in [-0.3, -0.25) is 9.59 Å². The number of carbonyl (C=O) groups excluding carboxylic acids is 2. The van der Waals surface area contributed by atoms with Gasteiger partial charge in [0.1, 0.15) is 17.2 Å². The molecule has 2 amide bonds. The van der Waals surface area contributed by atoms with Crippen molar-refractivity contribution in [3.63, 3.8) is 0 Å². The minimum absolute atomic E-state index is 0.0396. The minimum Gasteiger partial charge on any atom is -0.495 e. The van der Waals surface area contributed by atoms with Crippen LogP contribution in [0.5, 0.6) is 17.2 Å². The molecule has 32 heavy (non-hydrogen) atoms. The van der Waals surface area contributed by atoms with Crippen LogP contribution >= 0.6 is 11.6 Å². The third-order valence-electron chi connectivity index (χ3n) is 4.97. The summed E-state index contributed by atoms with van der Waals surface area (Å²) in [7, 11) is -0.993. The SMILES string of the molecule is COc1cc(OC)c(NC(=O)C[C@@H](C)S(=O)(=O)c2cc3c(cc2C)NC(=O)CO3)cc1Cl. The predicted octanol–water partition coefficient (Wildman–Crippen LogP) is 3.19. The Labute approximate surface area is 190 Å². The van der Waals surface area contributed by atoms with Crippen molar-refractivity contribution < 1.29 is 32.2 Å². The molecule has 1 aliphatic rings. The summed E-state index contributed by atoms with van der Waals surface area (Å²) in [6.07, 6.45) is -0.302. The fraction of sp³-hybridized carbons (Fsp3) is 0.333. The van der Waals surface area contributed by atoms with Crippen LogP contribution in [0.25, 0.3) is 0 Å². The van der Waals surface area contributed by atoms with E-state index in [1.807, 2.05) is 0 Å². The number of amides is 2. The summed E-state index contributed by atoms with van der Waals surface area (Å²) in [6, 6.07) is 5.90. The number of halogens is 1. The third kappa shape index (κ3) is 4.76. The highest BCUT2D eigenvalue weighted by molar-refractivity contribution is 7.92. The van der Waals surface area contributed by atoms with Gasteiger partial charge in [-0.1, -0.05) is 11.6 Å². The van der Waals surface area contributed by atoms with Gasteiger partial charge in [0, 0.05) is 18.6 Å². The Hall–Kier alpha value is -2.98. The topological polar surface area (TPSA) is 120 Å². The number of fused-ring (bicyclic) bond motifs is 1. The van der Waals surface area contributed by atoms with Gasteiger partial charge in [-0.25, -0.2) is 8.42 Å². The zero-order chi connectivity index (χ0) is 23.6. The molecule has 2 aromatic carbocycles. The summed E-state index contributed by atoms with van der Waals surface area (Å²) in [5, 5.41) is 4.51. The lowest BCUT2D eigenvalue weighted by atomic mass is 10.2. The van der Waals surface area contributed by atoms with Crippen LogP contribution in [-0.2, 0) is 19.4 Å². The standard InChI is InChI=1S/C21H23ClN2O7S/c1-11-5-14-18(31-10-21(26)24-14)9-19(11)32(27,28)12(2)6-20(25)23-15-7-13(22)16(29-3)8-17(15)30-4/h5,7-9,12H,6,10H2,1-4H3,(H,23,25)(H,24,26)/t12-/m1/s1. The van der Waals surface area contributed by atoms with Gasteiger partial charge in [-0.05, 0) is 31.5 Å². The molecule has 2 aromatic rings. The number of methoxy groups -OCH3 is 2. The van der Waals surface area contributed by atoms with Crippen LogP contribution < -0.4 is 24.8 Å². The van der Waals surface area contributed by atoms with Gasteiger partial charge in [0.15, 0.2) is 16.4 Å². The molecule has 1 aliphatic heterocycles. The first-order chi connectivity index (χ1) is 15.1. The van der Waals surface area contributed by atoms with E-state index in [-0.39, 0.29) is 34.6 Å². The van der Waals surface area contributed by atoms with Gasteiger partial charge in [0.05, 0.1) is 40.8 Å². The van der Waals surface area contributed by atoms with Gasteiger partial charge in [-0.15, -0.1) is 0 Å². The Morgan fingerprint density at radius 2 is 1.91 bits per heavy atom. The fourth-order valence-corrected chi connectivity index (χ4v) is 5.09. The van der Waals surface area contributed by atoms with Gasteiger partial charge >= 0.3 is 0 Å². The third-order valence-corrected chi connectivity index (χ3v) is 7.54. The summed E-state index contributed by atoms with van der Waals surface area (Å²) in [4.78, 5) is 24.1. The van der Waals surface area contributed by atoms with Crippen LogP contribution in [0.15, 0.2) is 29.2 Å². The molecule has 0 fully saturated rings. The van der Waals surface area contributed by atoms with Crippen molar-refractivity contribution in [2.24, 2.45) is 0 Å². The Morgan fingerprint density at radius 3 is 2.56 bits per heavy atom. The van der Waals surface area contributed by atoms with Crippen LogP contribution in [0, 0.1) is 6.92 Å². The van der Waals surface area contributed by atoms with Crippen molar-refractivity contribution >= 4 is 44.6 Å². The predicted molar refractivity (Wildman–Crippen MR) is 120 cm³/mol. The summed E-state index contributed by atoms with van der Waals surface area (Å²) in [6.45, 7) is 2.87. The maximum Gasteiger partial charge on any atom is 0.262 e. The van der Waals surface area contributed by atoms with Crippen LogP contribution in [0.2, 0.25) is 5.02 Å². The van der Waals surface area contributed by atoms with E-state index in [4.69, 9.17) is 25.8 Å². The van der Waals surface area contributed by atoms with Crippen LogP contribution in [0.4, 0.5) is 11.4 Å². The highest BCUT2D eigenvalue weighted by Gasteiger charge is 2.30. The highest BCUT2D eigenvalue weighted by atomic mass is 35.5. The van der Waals surface area contributed by atoms with E-state index in [0.29, 0.717) is 28.4 Å². The number of benzene rings is 2. The molecule has 172 valence electrons. The van der Waals surface area contributed by atoms with E-state index in [0.717, 1.165) is 0 Å². The molecule has 0 unspecified atom stereocenters. The van der Waals surface area contributed by atoms with Gasteiger partial charge in [0.25, 0.3) is 5.91 Å². The minimum atomic E-state index is -3.87. The first kappa shape index (κ1) is 23.7. The van der Waals surface area contributed by atoms with Gasteiger partial charge in [-0.2, -0.15) is 0 Å². The monoisotopic (exact) mass is 482 g/mol. The first-order valence-corrected chi connectivity index (χ1v) is 11.5. The first-order valence-electron chi connectivity index (χ1n) is 9.59. The number of carbonyl (C=O) groups is 2. The van der Waals surface area contributed by atoms with Crippen molar-refractivity contribution in [2.45, 2.75) is 30.4 Å². The Morgan fingerprint density at radius 1 is 1.22 bits per heavy atom. The lowest BCUT2D eigenvalue weighted by Crippen LogP contribution is -2.27. The zero-order valence-electron chi connectivity index (χ0n) is 17.9. The fourth-order valence-electron chi connectivity index (χ4n) is 3.27. The Bertz CT molecular complexity index is 1180. The Balaban J connectivity index is 1.80. The largest absolute Gasteiger partial charge is 0.495 e. The summed E-state index contributed by atoms with van der Waals surface area (Å²) < 4.78 is 42.0. The molecular weight excluding hydrogens is 460 g/mol. The van der Waals surface area contributed by atoms with Crippen molar-refractivity contribution in [2.75, 3.05) is 31.5 Å². The second-order valence-electron chi connectivity index (χ2n) is 7.25. The number of rotatable bonds is 7. The maximum atomic E-state index is 13.2. The number of aryl methyl sites for hydroxylation is 1. The number of hydrogen-bond acceptors (Lipinski definition) is 7. The van der Waals surface area contributed by atoms with Crippen molar-refractivity contribution in [3.05, 3.63) is 34.9 Å². The molecule has 1 atom stereocenters. The molecule has 0 aliphatic carbocycles. The molecule has 0 spiro atoms. The number of hydrogen-bond donors (Lipinski definition) is 2. The second kappa shape index (κ2) is 9.25. The molecule has 1 heterocycles. The van der Waals surface area contributed by atoms with Crippen molar-refractivity contribution in [1.29, 1.82) is 0 Å². The van der Waals surface area contributed by atoms with Crippen molar-refractivity contribution in [1.82, 2.24) is 0 Å². The molecule has 11 heteroatoms. The van der Waals surface area contributed by atoms with E-state index < -0.39 is 21.0 Å². The van der Waals surface area contributed by atoms with Crippen LogP contribution in [0.3, 0.4) is 0 Å². The number of ether oxygens (including phenoxy) is 3. The summed E-state index contributed by atoms with van der Waals surface area (Å²) in [5.74, 6) is 0.118. The molecule has 3 rings (SSSR count). The van der Waals surface area contributed by atoms with Crippen LogP contribution in [-0.4, -0.2) is 46.3 Å². The van der Waals surface area contributed by atoms with E-state index >= 15 is 0 Å². The summed E-state index contributed by atoms with van der Waals surface area (Å²) in [5.41, 5.74) is 1.14. The molecule has 0 saturated carbocycles. The molecule has 0 radical (unpaired) electrons. The summed E-state index contributed by atoms with van der Waals surface area (Å²) >= 11 is 6.12. The van der Waals surface area contributed by atoms with E-state index in [2.05, 4.69) is 10.6 Å². The molecule has 9 nitrogen and oxygen atoms in total. The quantitative estimate of drug-likeness (QED) is 0.621. The van der Waals surface area contributed by atoms with Gasteiger partial charge in [0.2, 0.25) is 5.91 Å². The van der Waals surface area contributed by atoms with E-state index in [9.17, 15) is 18.0 Å². The number of anilines is 2. The molecule has 0 bridgehead atoms. The van der Waals surface area contributed by atoms with Crippen LogP contribution in [0.1, 0.15) is 18.9 Å². The van der Waals surface area contributed by atoms with Gasteiger partial charge < -0.3 is 24.8 Å². The highest BCUT2D eigenvalue weighted by Crippen LogP contribution is 2.37. The molecule has 0 saturated heterocycles. The van der Waals surface area contributed by atoms with E-state index in [1.54, 1.807) is 6.92 Å². The number of sulfone groups is 1. The molecular formula is C21H23ClN2O7S. The van der Waals surface area contributed by atoms with E-state index in [1.165, 1.54) is 45.4 Å². The average Bonchev–Trinajstić information content (AvgIpc) is 2.73. The number of nitrogens with one attached hydrogen (secondary N) is 2. The molecule has 2 N–H and O–H groups in total. The average molecular weight is 483 g/mol. The Kier molecular flexibility index (Phi) is 6.85. The maximum absolute atomic E-state index is 13.2. The van der Waals surface area contributed by atoms with Crippen molar-refractivity contribution in [3.8, 4) is 17.2 Å².